The van der Waals surface area contributed by atoms with Crippen LogP contribution in [0, 0.1) is 5.41 Å². The minimum absolute atomic E-state index is 0.0561. The Morgan fingerprint density at radius 2 is 1.94 bits per heavy atom. The average molecular weight is 258 g/mol. The van der Waals surface area contributed by atoms with E-state index in [2.05, 4.69) is 5.32 Å². The Labute approximate surface area is 106 Å². The van der Waals surface area contributed by atoms with Gasteiger partial charge >= 0.3 is 0 Å². The summed E-state index contributed by atoms with van der Waals surface area (Å²) in [5.41, 5.74) is 0.265. The van der Waals surface area contributed by atoms with Crippen LogP contribution in [0.25, 0.3) is 0 Å². The van der Waals surface area contributed by atoms with Crippen molar-refractivity contribution in [3.05, 3.63) is 24.3 Å². The minimum Gasteiger partial charge on any atom is -0.326 e. The molecule has 0 spiro atoms. The van der Waals surface area contributed by atoms with E-state index in [1.807, 2.05) is 44.4 Å². The van der Waals surface area contributed by atoms with Crippen LogP contribution in [0.1, 0.15) is 13.8 Å². The highest BCUT2D eigenvalue weighted by molar-refractivity contribution is 7.98. The van der Waals surface area contributed by atoms with Crippen molar-refractivity contribution in [1.82, 2.24) is 0 Å². The number of benzene rings is 1. The van der Waals surface area contributed by atoms with Crippen LogP contribution >= 0.6 is 23.4 Å². The van der Waals surface area contributed by atoms with E-state index in [0.717, 1.165) is 5.69 Å². The van der Waals surface area contributed by atoms with Crippen molar-refractivity contribution in [2.75, 3.05) is 17.5 Å². The van der Waals surface area contributed by atoms with Crippen LogP contribution in [0.2, 0.25) is 0 Å². The second-order valence-electron chi connectivity index (χ2n) is 4.20. The SMILES string of the molecule is CSc1ccc(NC(=O)C(C)(C)CCl)cc1. The molecule has 0 atom stereocenters. The predicted molar refractivity (Wildman–Crippen MR) is 71.4 cm³/mol. The maximum Gasteiger partial charge on any atom is 0.231 e. The fourth-order valence-electron chi connectivity index (χ4n) is 1.04. The van der Waals surface area contributed by atoms with Crippen LogP contribution in [-0.4, -0.2) is 18.0 Å². The van der Waals surface area contributed by atoms with Gasteiger partial charge in [0.2, 0.25) is 5.91 Å². The fourth-order valence-corrected chi connectivity index (χ4v) is 1.56. The molecule has 0 heterocycles. The van der Waals surface area contributed by atoms with Crippen LogP contribution in [-0.2, 0) is 4.79 Å². The van der Waals surface area contributed by atoms with Crippen LogP contribution in [0.4, 0.5) is 5.69 Å². The molecular weight excluding hydrogens is 242 g/mol. The van der Waals surface area contributed by atoms with Crippen molar-refractivity contribution in [3.63, 3.8) is 0 Å². The van der Waals surface area contributed by atoms with Gasteiger partial charge in [0.25, 0.3) is 0 Å². The number of alkyl halides is 1. The molecule has 16 heavy (non-hydrogen) atoms. The normalized spacial score (nSPS) is 11.2. The number of carbonyl (C=O) groups excluding carboxylic acids is 1. The van der Waals surface area contributed by atoms with Gasteiger partial charge in [-0.3, -0.25) is 4.79 Å². The Morgan fingerprint density at radius 1 is 1.38 bits per heavy atom. The topological polar surface area (TPSA) is 29.1 Å². The Kier molecular flexibility index (Phi) is 4.69. The Balaban J connectivity index is 2.70. The molecule has 0 aliphatic carbocycles. The number of thioether (sulfide) groups is 1. The van der Waals surface area contributed by atoms with E-state index in [1.165, 1.54) is 4.90 Å². The molecule has 1 rings (SSSR count). The van der Waals surface area contributed by atoms with Gasteiger partial charge in [-0.1, -0.05) is 0 Å². The highest BCUT2D eigenvalue weighted by Crippen LogP contribution is 2.22. The van der Waals surface area contributed by atoms with Gasteiger partial charge in [-0.05, 0) is 44.4 Å². The lowest BCUT2D eigenvalue weighted by atomic mass is 9.95. The average Bonchev–Trinajstić information content (AvgIpc) is 2.30. The second kappa shape index (κ2) is 5.60. The zero-order valence-electron chi connectivity index (χ0n) is 9.71. The van der Waals surface area contributed by atoms with Gasteiger partial charge in [0.1, 0.15) is 0 Å². The molecule has 0 aliphatic rings. The molecular formula is C12H16ClNOS. The lowest BCUT2D eigenvalue weighted by molar-refractivity contribution is -0.122. The molecule has 2 nitrogen and oxygen atoms in total. The summed E-state index contributed by atoms with van der Waals surface area (Å²) in [5.74, 6) is 0.251. The van der Waals surface area contributed by atoms with Crippen molar-refractivity contribution in [1.29, 1.82) is 0 Å². The van der Waals surface area contributed by atoms with Gasteiger partial charge in [-0.15, -0.1) is 23.4 Å². The first kappa shape index (κ1) is 13.4. The molecule has 1 aromatic carbocycles. The predicted octanol–water partition coefficient (Wildman–Crippen LogP) is 3.61. The Morgan fingerprint density at radius 3 is 2.38 bits per heavy atom. The van der Waals surface area contributed by atoms with E-state index in [4.69, 9.17) is 11.6 Å². The van der Waals surface area contributed by atoms with Gasteiger partial charge in [-0.25, -0.2) is 0 Å². The van der Waals surface area contributed by atoms with E-state index in [9.17, 15) is 4.79 Å². The van der Waals surface area contributed by atoms with Crippen molar-refractivity contribution in [3.8, 4) is 0 Å². The van der Waals surface area contributed by atoms with Crippen LogP contribution < -0.4 is 5.32 Å². The molecule has 0 radical (unpaired) electrons. The summed E-state index contributed by atoms with van der Waals surface area (Å²) < 4.78 is 0. The molecule has 0 fully saturated rings. The molecule has 0 unspecified atom stereocenters. The van der Waals surface area contributed by atoms with Gasteiger partial charge in [0.15, 0.2) is 0 Å². The van der Waals surface area contributed by atoms with E-state index < -0.39 is 5.41 Å². The van der Waals surface area contributed by atoms with Crippen molar-refractivity contribution in [2.45, 2.75) is 18.7 Å². The molecule has 0 aromatic heterocycles. The Bertz CT molecular complexity index is 362. The number of carbonyl (C=O) groups is 1. The third kappa shape index (κ3) is 3.42. The number of nitrogens with one attached hydrogen (secondary N) is 1. The molecule has 0 aliphatic heterocycles. The number of hydrogen-bond donors (Lipinski definition) is 1. The minimum atomic E-state index is -0.542. The molecule has 1 amide bonds. The van der Waals surface area contributed by atoms with E-state index in [1.54, 1.807) is 11.8 Å². The van der Waals surface area contributed by atoms with Gasteiger partial charge in [0.05, 0.1) is 5.41 Å². The van der Waals surface area contributed by atoms with Crippen molar-refractivity contribution >= 4 is 35.0 Å². The summed E-state index contributed by atoms with van der Waals surface area (Å²) in [6.07, 6.45) is 2.02. The Hall–Kier alpha value is -0.670. The van der Waals surface area contributed by atoms with Crippen molar-refractivity contribution in [2.24, 2.45) is 5.41 Å². The maximum atomic E-state index is 11.8. The zero-order valence-corrected chi connectivity index (χ0v) is 11.3. The van der Waals surface area contributed by atoms with Crippen LogP contribution in [0.3, 0.4) is 0 Å². The molecule has 1 N–H and O–H groups in total. The van der Waals surface area contributed by atoms with Gasteiger partial charge in [-0.2, -0.15) is 0 Å². The van der Waals surface area contributed by atoms with Gasteiger partial charge < -0.3 is 5.32 Å². The first-order chi connectivity index (χ1) is 7.49. The first-order valence-corrected chi connectivity index (χ1v) is 6.77. The third-order valence-electron chi connectivity index (χ3n) is 2.30. The first-order valence-electron chi connectivity index (χ1n) is 5.01. The quantitative estimate of drug-likeness (QED) is 0.660. The second-order valence-corrected chi connectivity index (χ2v) is 5.35. The number of rotatable bonds is 4. The summed E-state index contributed by atoms with van der Waals surface area (Å²) >= 11 is 7.41. The standard InChI is InChI=1S/C12H16ClNOS/c1-12(2,8-13)11(15)14-9-4-6-10(16-3)7-5-9/h4-7H,8H2,1-3H3,(H,14,15). The van der Waals surface area contributed by atoms with Crippen molar-refractivity contribution < 1.29 is 4.79 Å². The monoisotopic (exact) mass is 257 g/mol. The van der Waals surface area contributed by atoms with E-state index >= 15 is 0 Å². The number of halogens is 1. The summed E-state index contributed by atoms with van der Waals surface area (Å²) in [5, 5.41) is 2.85. The molecule has 0 saturated carbocycles. The molecule has 4 heteroatoms. The lowest BCUT2D eigenvalue weighted by Crippen LogP contribution is -2.32. The maximum absolute atomic E-state index is 11.8. The van der Waals surface area contributed by atoms with Crippen LogP contribution in [0.5, 0.6) is 0 Å². The van der Waals surface area contributed by atoms with E-state index in [0.29, 0.717) is 5.88 Å². The summed E-state index contributed by atoms with van der Waals surface area (Å²) in [7, 11) is 0. The van der Waals surface area contributed by atoms with Crippen LogP contribution in [0.15, 0.2) is 29.2 Å². The lowest BCUT2D eigenvalue weighted by Gasteiger charge is -2.20. The van der Waals surface area contributed by atoms with E-state index in [-0.39, 0.29) is 5.91 Å². The summed E-state index contributed by atoms with van der Waals surface area (Å²) in [6, 6.07) is 7.75. The number of anilines is 1. The highest BCUT2D eigenvalue weighted by Gasteiger charge is 2.26. The highest BCUT2D eigenvalue weighted by atomic mass is 35.5. The molecule has 0 bridgehead atoms. The molecule has 0 saturated heterocycles. The summed E-state index contributed by atoms with van der Waals surface area (Å²) in [6.45, 7) is 3.65. The molecule has 88 valence electrons. The molecule has 1 aromatic rings. The largest absolute Gasteiger partial charge is 0.326 e. The fraction of sp³-hybridized carbons (Fsp3) is 0.417. The smallest absolute Gasteiger partial charge is 0.231 e. The zero-order chi connectivity index (χ0) is 12.2. The summed E-state index contributed by atoms with van der Waals surface area (Å²) in [4.78, 5) is 13.0. The third-order valence-corrected chi connectivity index (χ3v) is 3.71. The number of hydrogen-bond acceptors (Lipinski definition) is 2. The van der Waals surface area contributed by atoms with Gasteiger partial charge in [0, 0.05) is 16.5 Å². The number of amides is 1.